The predicted octanol–water partition coefficient (Wildman–Crippen LogP) is 2.33. The highest BCUT2D eigenvalue weighted by molar-refractivity contribution is 4.54. The topological polar surface area (TPSA) is 64.6 Å². The van der Waals surface area contributed by atoms with Crippen molar-refractivity contribution in [2.45, 2.75) is 58.5 Å². The molecule has 0 N–H and O–H groups in total. The second-order valence-corrected chi connectivity index (χ2v) is 4.44. The van der Waals surface area contributed by atoms with Crippen LogP contribution in [0.5, 0.6) is 0 Å². The highest BCUT2D eigenvalue weighted by Crippen LogP contribution is 2.29. The largest absolute Gasteiger partial charge is 0.375 e. The van der Waals surface area contributed by atoms with Gasteiger partial charge in [-0.1, -0.05) is 18.4 Å². The summed E-state index contributed by atoms with van der Waals surface area (Å²) in [6.07, 6.45) is 2.10. The Morgan fingerprint density at radius 2 is 1.75 bits per heavy atom. The Labute approximate surface area is 94.1 Å². The first-order chi connectivity index (χ1) is 7.47. The Morgan fingerprint density at radius 1 is 1.12 bits per heavy atom. The molecule has 0 amide bonds. The van der Waals surface area contributed by atoms with Gasteiger partial charge in [-0.2, -0.15) is 0 Å². The van der Waals surface area contributed by atoms with Crippen molar-refractivity contribution in [2.24, 2.45) is 0 Å². The summed E-state index contributed by atoms with van der Waals surface area (Å²) in [6, 6.07) is 0. The van der Waals surface area contributed by atoms with Gasteiger partial charge in [0.25, 0.3) is 0 Å². The first kappa shape index (κ1) is 13.8. The van der Waals surface area contributed by atoms with Gasteiger partial charge in [0.2, 0.25) is 0 Å². The van der Waals surface area contributed by atoms with E-state index in [9.17, 15) is 0 Å². The second kappa shape index (κ2) is 5.87. The van der Waals surface area contributed by atoms with Crippen LogP contribution in [0.4, 0.5) is 0 Å². The Kier molecular flexibility index (Phi) is 5.06. The molecule has 0 aromatic carbocycles. The summed E-state index contributed by atoms with van der Waals surface area (Å²) >= 11 is 0. The molecule has 1 aliphatic heterocycles. The first-order valence-electron chi connectivity index (χ1n) is 5.21. The smallest absolute Gasteiger partial charge is 0.200 e. The van der Waals surface area contributed by atoms with E-state index in [0.717, 1.165) is 12.8 Å². The van der Waals surface area contributed by atoms with E-state index in [4.69, 9.17) is 9.78 Å². The van der Waals surface area contributed by atoms with Crippen molar-refractivity contribution in [3.63, 3.8) is 0 Å². The summed E-state index contributed by atoms with van der Waals surface area (Å²) < 4.78 is 0. The molecule has 0 atom stereocenters. The normalized spacial score (nSPS) is 20.2. The van der Waals surface area contributed by atoms with Crippen molar-refractivity contribution >= 4 is 0 Å². The van der Waals surface area contributed by atoms with Crippen LogP contribution in [0.25, 0.3) is 0 Å². The molecule has 1 heterocycles. The molecule has 1 aliphatic rings. The monoisotopic (exact) mass is 238 g/mol. The average Bonchev–Trinajstić information content (AvgIpc) is 2.62. The van der Waals surface area contributed by atoms with Crippen molar-refractivity contribution in [2.75, 3.05) is 0 Å². The molecule has 0 saturated carbocycles. The summed E-state index contributed by atoms with van der Waals surface area (Å²) in [5, 5.41) is 12.9. The molecule has 1 saturated heterocycles. The van der Waals surface area contributed by atoms with Crippen molar-refractivity contribution in [1.29, 1.82) is 0 Å². The zero-order chi connectivity index (χ0) is 12.1. The third-order valence-electron chi connectivity index (χ3n) is 1.63. The third-order valence-corrected chi connectivity index (χ3v) is 1.63. The van der Waals surface area contributed by atoms with Gasteiger partial charge in [-0.3, -0.25) is 0 Å². The van der Waals surface area contributed by atoms with E-state index in [2.05, 4.69) is 24.9 Å². The first-order valence-corrected chi connectivity index (χ1v) is 5.21. The quantitative estimate of drug-likeness (QED) is 0.519. The summed E-state index contributed by atoms with van der Waals surface area (Å²) in [5.74, 6) is -1.53. The maximum Gasteiger partial charge on any atom is 0.375 e. The SMILES string of the molecule is CCCCC1(OOOC(C)(C)C)OOOO1. The molecule has 0 aromatic rings. The molecule has 7 nitrogen and oxygen atoms in total. The molecule has 0 aromatic heterocycles. The molecule has 16 heavy (non-hydrogen) atoms. The van der Waals surface area contributed by atoms with Gasteiger partial charge >= 0.3 is 5.97 Å². The average molecular weight is 238 g/mol. The van der Waals surface area contributed by atoms with Crippen LogP contribution >= 0.6 is 0 Å². The van der Waals surface area contributed by atoms with Crippen LogP contribution in [0.3, 0.4) is 0 Å². The predicted molar refractivity (Wildman–Crippen MR) is 49.6 cm³/mol. The van der Waals surface area contributed by atoms with Gasteiger partial charge in [0, 0.05) is 6.42 Å². The Balaban J connectivity index is 2.33. The van der Waals surface area contributed by atoms with Gasteiger partial charge in [-0.15, -0.1) is 14.7 Å². The minimum Gasteiger partial charge on any atom is -0.200 e. The fourth-order valence-corrected chi connectivity index (χ4v) is 0.862. The maximum absolute atomic E-state index is 4.90. The van der Waals surface area contributed by atoms with Crippen LogP contribution in [0.2, 0.25) is 0 Å². The molecule has 7 heteroatoms. The fourth-order valence-electron chi connectivity index (χ4n) is 0.862. The van der Waals surface area contributed by atoms with Gasteiger partial charge in [-0.25, -0.2) is 4.89 Å². The van der Waals surface area contributed by atoms with Crippen molar-refractivity contribution in [1.82, 2.24) is 0 Å². The molecule has 0 bridgehead atoms. The molecule has 0 spiro atoms. The van der Waals surface area contributed by atoms with Gasteiger partial charge in [0.1, 0.15) is 0 Å². The lowest BCUT2D eigenvalue weighted by atomic mass is 10.2. The van der Waals surface area contributed by atoms with E-state index in [1.807, 2.05) is 6.92 Å². The van der Waals surface area contributed by atoms with Crippen LogP contribution < -0.4 is 0 Å². The summed E-state index contributed by atoms with van der Waals surface area (Å²) in [6.45, 7) is 7.42. The highest BCUT2D eigenvalue weighted by Gasteiger charge is 2.45. The number of hydrogen-bond acceptors (Lipinski definition) is 7. The minimum absolute atomic E-state index is 0.386. The summed E-state index contributed by atoms with van der Waals surface area (Å²) in [7, 11) is 0. The lowest BCUT2D eigenvalue weighted by Gasteiger charge is -2.22. The van der Waals surface area contributed by atoms with Gasteiger partial charge in [0.15, 0.2) is 0 Å². The zero-order valence-corrected chi connectivity index (χ0v) is 9.98. The van der Waals surface area contributed by atoms with Crippen LogP contribution in [0, 0.1) is 0 Å². The number of rotatable bonds is 6. The van der Waals surface area contributed by atoms with Crippen molar-refractivity contribution in [3.8, 4) is 0 Å². The molecule has 0 unspecified atom stereocenters. The third kappa shape index (κ3) is 4.71. The fraction of sp³-hybridized carbons (Fsp3) is 1.00. The molecule has 1 fully saturated rings. The van der Waals surface area contributed by atoms with E-state index in [1.165, 1.54) is 0 Å². The summed E-state index contributed by atoms with van der Waals surface area (Å²) in [5.41, 5.74) is -0.508. The van der Waals surface area contributed by atoms with E-state index < -0.39 is 11.6 Å². The molecular formula is C9H18O7. The van der Waals surface area contributed by atoms with E-state index >= 15 is 0 Å². The highest BCUT2D eigenvalue weighted by atomic mass is 17.8. The second-order valence-electron chi connectivity index (χ2n) is 4.44. The van der Waals surface area contributed by atoms with Crippen LogP contribution in [0.15, 0.2) is 0 Å². The summed E-state index contributed by atoms with van der Waals surface area (Å²) in [4.78, 5) is 19.1. The Bertz CT molecular complexity index is 195. The lowest BCUT2D eigenvalue weighted by Crippen LogP contribution is -2.35. The van der Waals surface area contributed by atoms with Crippen molar-refractivity contribution in [3.05, 3.63) is 0 Å². The Morgan fingerprint density at radius 3 is 2.25 bits per heavy atom. The molecule has 0 radical (unpaired) electrons. The molecular weight excluding hydrogens is 220 g/mol. The lowest BCUT2D eigenvalue weighted by molar-refractivity contribution is -0.630. The van der Waals surface area contributed by atoms with Crippen LogP contribution in [-0.4, -0.2) is 11.6 Å². The van der Waals surface area contributed by atoms with Gasteiger partial charge < -0.3 is 0 Å². The van der Waals surface area contributed by atoms with Gasteiger partial charge in [-0.05, 0) is 37.3 Å². The van der Waals surface area contributed by atoms with Crippen LogP contribution in [-0.2, 0) is 34.7 Å². The standard InChI is InChI=1S/C9H18O7/c1-5-6-7-9(12-15-16-13-9)11-14-10-8(2,3)4/h5-7H2,1-4H3. The Hall–Kier alpha value is -0.280. The number of hydrogen-bond donors (Lipinski definition) is 0. The van der Waals surface area contributed by atoms with Gasteiger partial charge in [0.05, 0.1) is 5.60 Å². The maximum atomic E-state index is 4.90. The zero-order valence-electron chi connectivity index (χ0n) is 9.98. The van der Waals surface area contributed by atoms with E-state index in [1.54, 1.807) is 20.8 Å². The minimum atomic E-state index is -1.53. The molecule has 96 valence electrons. The number of unbranched alkanes of at least 4 members (excludes halogenated alkanes) is 1. The molecule has 1 rings (SSSR count). The molecule has 0 aliphatic carbocycles. The van der Waals surface area contributed by atoms with E-state index in [0.29, 0.717) is 6.42 Å². The van der Waals surface area contributed by atoms with E-state index in [-0.39, 0.29) is 0 Å². The van der Waals surface area contributed by atoms with Crippen LogP contribution in [0.1, 0.15) is 47.0 Å². The van der Waals surface area contributed by atoms with Crippen molar-refractivity contribution < 1.29 is 34.7 Å².